The fourth-order valence-electron chi connectivity index (χ4n) is 1.21. The monoisotopic (exact) mass is 267 g/mol. The van der Waals surface area contributed by atoms with Gasteiger partial charge in [0.05, 0.1) is 18.8 Å². The summed E-state index contributed by atoms with van der Waals surface area (Å²) in [5.74, 6) is -1.09. The molecule has 0 spiro atoms. The van der Waals surface area contributed by atoms with Gasteiger partial charge in [-0.05, 0) is 6.92 Å². The van der Waals surface area contributed by atoms with Crippen molar-refractivity contribution in [3.05, 3.63) is 25.3 Å². The summed E-state index contributed by atoms with van der Waals surface area (Å²) in [5.41, 5.74) is -0.801. The first-order valence-electron chi connectivity index (χ1n) is 5.65. The molecule has 0 amide bonds. The Kier molecular flexibility index (Phi) is 7.81. The number of rotatable bonds is 9. The molecular formula is C13H17NO5. The number of carbonyl (C=O) groups is 2. The highest BCUT2D eigenvalue weighted by Crippen LogP contribution is 2.20. The summed E-state index contributed by atoms with van der Waals surface area (Å²) < 4.78 is 9.62. The van der Waals surface area contributed by atoms with Crippen LogP contribution in [0.2, 0.25) is 0 Å². The molecule has 0 aliphatic heterocycles. The largest absolute Gasteiger partial charge is 0.462 e. The zero-order valence-electron chi connectivity index (χ0n) is 10.9. The van der Waals surface area contributed by atoms with Crippen molar-refractivity contribution in [3.63, 3.8) is 0 Å². The van der Waals surface area contributed by atoms with Crippen LogP contribution in [-0.4, -0.2) is 36.8 Å². The summed E-state index contributed by atoms with van der Waals surface area (Å²) in [7, 11) is 0. The lowest BCUT2D eigenvalue weighted by molar-refractivity contribution is -0.138. The van der Waals surface area contributed by atoms with E-state index >= 15 is 0 Å². The minimum absolute atomic E-state index is 0.0853. The topological polar surface area (TPSA) is 82.0 Å². The molecule has 0 aromatic heterocycles. The smallest absolute Gasteiger partial charge is 0.330 e. The molecule has 0 rings (SSSR count). The Morgan fingerprint density at radius 2 is 1.58 bits per heavy atom. The van der Waals surface area contributed by atoms with Gasteiger partial charge in [0.1, 0.15) is 0 Å². The van der Waals surface area contributed by atoms with E-state index in [1.165, 1.54) is 6.08 Å². The Morgan fingerprint density at radius 3 is 1.89 bits per heavy atom. The third-order valence-electron chi connectivity index (χ3n) is 2.42. The van der Waals surface area contributed by atoms with Gasteiger partial charge in [-0.2, -0.15) is 4.99 Å². The van der Waals surface area contributed by atoms with Crippen LogP contribution in [-0.2, 0) is 23.9 Å². The lowest BCUT2D eigenvalue weighted by Crippen LogP contribution is -2.27. The molecular weight excluding hydrogens is 250 g/mol. The van der Waals surface area contributed by atoms with Crippen LogP contribution in [0.25, 0.3) is 0 Å². The Balaban J connectivity index is 4.29. The molecule has 0 aliphatic rings. The van der Waals surface area contributed by atoms with Gasteiger partial charge < -0.3 is 9.47 Å². The van der Waals surface area contributed by atoms with E-state index in [2.05, 4.69) is 18.2 Å². The number of nitrogens with zero attached hydrogens (tertiary/aromatic N) is 1. The lowest BCUT2D eigenvalue weighted by Gasteiger charge is -2.22. The average molecular weight is 267 g/mol. The summed E-state index contributed by atoms with van der Waals surface area (Å²) in [5, 5.41) is 0. The zero-order chi connectivity index (χ0) is 14.7. The van der Waals surface area contributed by atoms with Crippen LogP contribution in [0.5, 0.6) is 0 Å². The predicted molar refractivity (Wildman–Crippen MR) is 68.1 cm³/mol. The maximum atomic E-state index is 10.9. The minimum Gasteiger partial charge on any atom is -0.462 e. The highest BCUT2D eigenvalue weighted by Gasteiger charge is 2.24. The summed E-state index contributed by atoms with van der Waals surface area (Å²) in [6.45, 7) is 8.38. The van der Waals surface area contributed by atoms with Crippen molar-refractivity contribution in [1.82, 2.24) is 0 Å². The summed E-state index contributed by atoms with van der Waals surface area (Å²) in [6, 6.07) is 0. The van der Waals surface area contributed by atoms with Crippen molar-refractivity contribution >= 4 is 18.0 Å². The molecule has 0 fully saturated rings. The standard InChI is InChI=1S/C13H17NO5/c1-4-11(16)18-8-6-13(3,14-10-15)7-9-19-12(17)5-2/h4-5H,1-2,6-9H2,3H3. The van der Waals surface area contributed by atoms with Gasteiger partial charge in [-0.3, -0.25) is 0 Å². The fraction of sp³-hybridized carbons (Fsp3) is 0.462. The number of isocyanates is 1. The van der Waals surface area contributed by atoms with E-state index in [1.807, 2.05) is 0 Å². The van der Waals surface area contributed by atoms with Gasteiger partial charge in [-0.25, -0.2) is 14.4 Å². The number of esters is 2. The molecule has 0 aliphatic carbocycles. The molecule has 0 bridgehead atoms. The molecule has 0 radical (unpaired) electrons. The molecule has 6 heteroatoms. The highest BCUT2D eigenvalue weighted by atomic mass is 16.5. The van der Waals surface area contributed by atoms with E-state index in [-0.39, 0.29) is 13.2 Å². The van der Waals surface area contributed by atoms with Crippen molar-refractivity contribution in [3.8, 4) is 0 Å². The first-order chi connectivity index (χ1) is 8.97. The molecule has 104 valence electrons. The predicted octanol–water partition coefficient (Wildman–Crippen LogP) is 1.32. The Hall–Kier alpha value is -2.20. The van der Waals surface area contributed by atoms with Crippen molar-refractivity contribution in [2.45, 2.75) is 25.3 Å². The Labute approximate surface area is 111 Å². The second-order valence-corrected chi connectivity index (χ2v) is 3.94. The van der Waals surface area contributed by atoms with E-state index in [4.69, 9.17) is 9.47 Å². The van der Waals surface area contributed by atoms with Gasteiger partial charge in [0, 0.05) is 25.0 Å². The molecule has 0 aromatic carbocycles. The molecule has 0 unspecified atom stereocenters. The summed E-state index contributed by atoms with van der Waals surface area (Å²) in [4.78, 5) is 35.8. The molecule has 0 N–H and O–H groups in total. The lowest BCUT2D eigenvalue weighted by atomic mass is 9.95. The van der Waals surface area contributed by atoms with Crippen LogP contribution in [0.3, 0.4) is 0 Å². The molecule has 0 saturated heterocycles. The van der Waals surface area contributed by atoms with Crippen LogP contribution in [0.15, 0.2) is 30.3 Å². The quantitative estimate of drug-likeness (QED) is 0.272. The molecule has 0 saturated carbocycles. The third-order valence-corrected chi connectivity index (χ3v) is 2.42. The minimum atomic E-state index is -0.801. The normalized spacial score (nSPS) is 9.95. The molecule has 19 heavy (non-hydrogen) atoms. The van der Waals surface area contributed by atoms with Crippen molar-refractivity contribution < 1.29 is 23.9 Å². The van der Waals surface area contributed by atoms with E-state index < -0.39 is 17.5 Å². The number of ether oxygens (including phenoxy) is 2. The van der Waals surface area contributed by atoms with Gasteiger partial charge in [0.25, 0.3) is 0 Å². The number of aliphatic imine (C=N–C) groups is 1. The van der Waals surface area contributed by atoms with Crippen molar-refractivity contribution in [1.29, 1.82) is 0 Å². The third kappa shape index (κ3) is 7.68. The van der Waals surface area contributed by atoms with Crippen LogP contribution in [0.1, 0.15) is 19.8 Å². The SMILES string of the molecule is C=CC(=O)OCCC(C)(CCOC(=O)C=C)N=C=O. The van der Waals surface area contributed by atoms with Gasteiger partial charge in [-0.1, -0.05) is 13.2 Å². The Morgan fingerprint density at radius 1 is 1.16 bits per heavy atom. The van der Waals surface area contributed by atoms with Gasteiger partial charge in [0.15, 0.2) is 0 Å². The van der Waals surface area contributed by atoms with Crippen LogP contribution in [0.4, 0.5) is 0 Å². The van der Waals surface area contributed by atoms with Crippen LogP contribution < -0.4 is 0 Å². The zero-order valence-corrected chi connectivity index (χ0v) is 10.9. The second kappa shape index (κ2) is 8.83. The van der Waals surface area contributed by atoms with Gasteiger partial charge in [0.2, 0.25) is 6.08 Å². The number of hydrogen-bond donors (Lipinski definition) is 0. The average Bonchev–Trinajstić information content (AvgIpc) is 2.38. The van der Waals surface area contributed by atoms with E-state index in [9.17, 15) is 14.4 Å². The number of carbonyl (C=O) groups excluding carboxylic acids is 3. The molecule has 6 nitrogen and oxygen atoms in total. The van der Waals surface area contributed by atoms with Gasteiger partial charge >= 0.3 is 11.9 Å². The van der Waals surface area contributed by atoms with Crippen LogP contribution >= 0.6 is 0 Å². The summed E-state index contributed by atoms with van der Waals surface area (Å²) >= 11 is 0. The van der Waals surface area contributed by atoms with Crippen molar-refractivity contribution in [2.24, 2.45) is 4.99 Å². The van der Waals surface area contributed by atoms with Crippen molar-refractivity contribution in [2.75, 3.05) is 13.2 Å². The maximum absolute atomic E-state index is 10.9. The van der Waals surface area contributed by atoms with Gasteiger partial charge in [-0.15, -0.1) is 0 Å². The highest BCUT2D eigenvalue weighted by molar-refractivity contribution is 5.81. The summed E-state index contributed by atoms with van der Waals surface area (Å²) in [6.07, 6.45) is 4.19. The van der Waals surface area contributed by atoms with E-state index in [0.29, 0.717) is 12.8 Å². The molecule has 0 atom stereocenters. The van der Waals surface area contributed by atoms with Crippen LogP contribution in [0, 0.1) is 0 Å². The molecule has 0 heterocycles. The van der Waals surface area contributed by atoms with E-state index in [0.717, 1.165) is 12.2 Å². The molecule has 0 aromatic rings. The first kappa shape index (κ1) is 16.8. The maximum Gasteiger partial charge on any atom is 0.330 e. The Bertz CT molecular complexity index is 370. The second-order valence-electron chi connectivity index (χ2n) is 3.94. The fourth-order valence-corrected chi connectivity index (χ4v) is 1.21. The van der Waals surface area contributed by atoms with E-state index in [1.54, 1.807) is 6.92 Å². The number of hydrogen-bond acceptors (Lipinski definition) is 6. The first-order valence-corrected chi connectivity index (χ1v) is 5.65.